The van der Waals surface area contributed by atoms with Gasteiger partial charge in [0.15, 0.2) is 0 Å². The van der Waals surface area contributed by atoms with Gasteiger partial charge in [-0.2, -0.15) is 0 Å². The highest BCUT2D eigenvalue weighted by atomic mass is 16.6. The summed E-state index contributed by atoms with van der Waals surface area (Å²) < 4.78 is 0. The van der Waals surface area contributed by atoms with E-state index in [2.05, 4.69) is 29.2 Å². The Bertz CT molecular complexity index is 498. The quantitative estimate of drug-likeness (QED) is 0.665. The first-order valence-electron chi connectivity index (χ1n) is 7.35. The average molecular weight is 292 g/mol. The fraction of sp³-hybridized carbons (Fsp3) is 0.600. The molecular weight excluding hydrogens is 268 g/mol. The van der Waals surface area contributed by atoms with E-state index in [-0.39, 0.29) is 10.6 Å². The highest BCUT2D eigenvalue weighted by Crippen LogP contribution is 2.26. The average Bonchev–Trinajstić information content (AvgIpc) is 2.47. The van der Waals surface area contributed by atoms with Crippen molar-refractivity contribution in [2.24, 2.45) is 0 Å². The second-order valence-corrected chi connectivity index (χ2v) is 5.81. The van der Waals surface area contributed by atoms with Gasteiger partial charge in [-0.3, -0.25) is 15.0 Å². The molecule has 1 fully saturated rings. The number of nitrogens with zero attached hydrogens (tertiary/aromatic N) is 3. The van der Waals surface area contributed by atoms with E-state index >= 15 is 0 Å². The lowest BCUT2D eigenvalue weighted by molar-refractivity contribution is -0.384. The van der Waals surface area contributed by atoms with Gasteiger partial charge in [0.2, 0.25) is 0 Å². The van der Waals surface area contributed by atoms with E-state index in [0.29, 0.717) is 11.7 Å². The molecule has 6 nitrogen and oxygen atoms in total. The predicted octanol–water partition coefficient (Wildman–Crippen LogP) is 2.16. The molecule has 2 rings (SSSR count). The molecule has 0 unspecified atom stereocenters. The summed E-state index contributed by atoms with van der Waals surface area (Å²) in [5, 5.41) is 13.9. The third-order valence-corrected chi connectivity index (χ3v) is 4.27. The maximum absolute atomic E-state index is 10.9. The lowest BCUT2D eigenvalue weighted by Gasteiger charge is -2.35. The maximum atomic E-state index is 10.9. The SMILES string of the molecule is CNc1cc(CN(C)C2CCN(C)CC2)ccc1[N+](=O)[O-]. The van der Waals surface area contributed by atoms with E-state index in [4.69, 9.17) is 0 Å². The van der Waals surface area contributed by atoms with E-state index in [0.717, 1.165) is 25.2 Å². The van der Waals surface area contributed by atoms with Crippen LogP contribution in [0.15, 0.2) is 18.2 Å². The Kier molecular flexibility index (Phi) is 5.14. The standard InChI is InChI=1S/C15H24N4O2/c1-16-14-10-12(4-5-15(14)19(20)21)11-18(3)13-6-8-17(2)9-7-13/h4-5,10,13,16H,6-9,11H2,1-3H3. The molecule has 0 radical (unpaired) electrons. The van der Waals surface area contributed by atoms with E-state index < -0.39 is 0 Å². The number of hydrogen-bond acceptors (Lipinski definition) is 5. The molecule has 0 atom stereocenters. The van der Waals surface area contributed by atoms with Crippen LogP contribution in [0.5, 0.6) is 0 Å². The summed E-state index contributed by atoms with van der Waals surface area (Å²) in [5.74, 6) is 0. The summed E-state index contributed by atoms with van der Waals surface area (Å²) in [6, 6.07) is 5.91. The molecule has 0 bridgehead atoms. The van der Waals surface area contributed by atoms with Gasteiger partial charge >= 0.3 is 0 Å². The number of nitro benzene ring substituents is 1. The smallest absolute Gasteiger partial charge is 0.292 e. The molecule has 0 spiro atoms. The molecular formula is C15H24N4O2. The van der Waals surface area contributed by atoms with Gasteiger partial charge in [0.1, 0.15) is 5.69 Å². The molecule has 1 saturated heterocycles. The minimum absolute atomic E-state index is 0.128. The zero-order valence-corrected chi connectivity index (χ0v) is 13.0. The van der Waals surface area contributed by atoms with Crippen LogP contribution in [0.2, 0.25) is 0 Å². The van der Waals surface area contributed by atoms with Gasteiger partial charge in [-0.15, -0.1) is 0 Å². The van der Waals surface area contributed by atoms with E-state index in [1.165, 1.54) is 12.8 Å². The second kappa shape index (κ2) is 6.87. The van der Waals surface area contributed by atoms with Crippen LogP contribution in [0, 0.1) is 10.1 Å². The zero-order valence-electron chi connectivity index (χ0n) is 13.0. The zero-order chi connectivity index (χ0) is 15.4. The number of rotatable bonds is 5. The topological polar surface area (TPSA) is 61.6 Å². The summed E-state index contributed by atoms with van der Waals surface area (Å²) in [6.45, 7) is 3.09. The van der Waals surface area contributed by atoms with Crippen LogP contribution in [0.1, 0.15) is 18.4 Å². The van der Waals surface area contributed by atoms with Crippen molar-refractivity contribution in [3.8, 4) is 0 Å². The summed E-state index contributed by atoms with van der Waals surface area (Å²) in [6.07, 6.45) is 2.36. The van der Waals surface area contributed by atoms with Crippen LogP contribution in [0.3, 0.4) is 0 Å². The maximum Gasteiger partial charge on any atom is 0.292 e. The molecule has 1 aliphatic rings. The minimum Gasteiger partial charge on any atom is -0.383 e. The molecule has 6 heteroatoms. The van der Waals surface area contributed by atoms with Crippen molar-refractivity contribution in [2.45, 2.75) is 25.4 Å². The molecule has 1 aromatic rings. The van der Waals surface area contributed by atoms with Crippen LogP contribution in [0.25, 0.3) is 0 Å². The Morgan fingerprint density at radius 2 is 2.10 bits per heavy atom. The van der Waals surface area contributed by atoms with Gasteiger partial charge in [-0.05, 0) is 51.7 Å². The Labute approximate surface area is 125 Å². The van der Waals surface area contributed by atoms with Crippen molar-refractivity contribution in [1.82, 2.24) is 9.80 Å². The van der Waals surface area contributed by atoms with Crippen molar-refractivity contribution in [3.05, 3.63) is 33.9 Å². The highest BCUT2D eigenvalue weighted by molar-refractivity contribution is 5.62. The van der Waals surface area contributed by atoms with Crippen molar-refractivity contribution < 1.29 is 4.92 Å². The van der Waals surface area contributed by atoms with Crippen LogP contribution in [-0.4, -0.2) is 55.0 Å². The van der Waals surface area contributed by atoms with Gasteiger partial charge in [0, 0.05) is 25.7 Å². The third kappa shape index (κ3) is 3.92. The summed E-state index contributed by atoms with van der Waals surface area (Å²) >= 11 is 0. The number of nitro groups is 1. The minimum atomic E-state index is -0.351. The largest absolute Gasteiger partial charge is 0.383 e. The monoisotopic (exact) mass is 292 g/mol. The van der Waals surface area contributed by atoms with Gasteiger partial charge in [0.05, 0.1) is 4.92 Å². The molecule has 0 saturated carbocycles. The Morgan fingerprint density at radius 3 is 2.67 bits per heavy atom. The number of piperidine rings is 1. The lowest BCUT2D eigenvalue weighted by Crippen LogP contribution is -2.41. The molecule has 1 heterocycles. The van der Waals surface area contributed by atoms with Gasteiger partial charge in [-0.25, -0.2) is 0 Å². The first kappa shape index (κ1) is 15.7. The first-order valence-corrected chi connectivity index (χ1v) is 7.35. The number of hydrogen-bond donors (Lipinski definition) is 1. The van der Waals surface area contributed by atoms with Crippen LogP contribution in [-0.2, 0) is 6.54 Å². The number of anilines is 1. The molecule has 1 aliphatic heterocycles. The molecule has 0 aliphatic carbocycles. The summed E-state index contributed by atoms with van der Waals surface area (Å²) in [7, 11) is 6.01. The Morgan fingerprint density at radius 1 is 1.43 bits per heavy atom. The van der Waals surface area contributed by atoms with Gasteiger partial charge in [-0.1, -0.05) is 6.07 Å². The molecule has 1 N–H and O–H groups in total. The first-order chi connectivity index (χ1) is 10.0. The van der Waals surface area contributed by atoms with Crippen LogP contribution >= 0.6 is 0 Å². The number of benzene rings is 1. The van der Waals surface area contributed by atoms with E-state index in [9.17, 15) is 10.1 Å². The highest BCUT2D eigenvalue weighted by Gasteiger charge is 2.21. The van der Waals surface area contributed by atoms with Crippen molar-refractivity contribution in [1.29, 1.82) is 0 Å². The van der Waals surface area contributed by atoms with Crippen molar-refractivity contribution >= 4 is 11.4 Å². The Balaban J connectivity index is 2.03. The van der Waals surface area contributed by atoms with Gasteiger partial charge < -0.3 is 10.2 Å². The van der Waals surface area contributed by atoms with E-state index in [1.54, 1.807) is 13.1 Å². The normalized spacial score (nSPS) is 17.1. The van der Waals surface area contributed by atoms with Gasteiger partial charge in [0.25, 0.3) is 5.69 Å². The van der Waals surface area contributed by atoms with Crippen molar-refractivity contribution in [3.63, 3.8) is 0 Å². The molecule has 0 aromatic heterocycles. The van der Waals surface area contributed by atoms with Crippen LogP contribution < -0.4 is 5.32 Å². The number of likely N-dealkylation sites (tertiary alicyclic amines) is 1. The lowest BCUT2D eigenvalue weighted by atomic mass is 10.0. The fourth-order valence-electron chi connectivity index (χ4n) is 2.89. The summed E-state index contributed by atoms with van der Waals surface area (Å²) in [4.78, 5) is 15.3. The van der Waals surface area contributed by atoms with Crippen molar-refractivity contribution in [2.75, 3.05) is 39.5 Å². The van der Waals surface area contributed by atoms with Crippen LogP contribution in [0.4, 0.5) is 11.4 Å². The fourth-order valence-corrected chi connectivity index (χ4v) is 2.89. The Hall–Kier alpha value is -1.66. The molecule has 1 aromatic carbocycles. The number of nitrogens with one attached hydrogen (secondary N) is 1. The second-order valence-electron chi connectivity index (χ2n) is 5.81. The summed E-state index contributed by atoms with van der Waals surface area (Å²) in [5.41, 5.74) is 1.81. The predicted molar refractivity (Wildman–Crippen MR) is 84.6 cm³/mol. The third-order valence-electron chi connectivity index (χ3n) is 4.27. The van der Waals surface area contributed by atoms with E-state index in [1.807, 2.05) is 12.1 Å². The molecule has 21 heavy (non-hydrogen) atoms. The molecule has 116 valence electrons. The molecule has 0 amide bonds.